The fraction of sp³-hybridized carbons (Fsp3) is 0.286. The first-order valence-electron chi connectivity index (χ1n) is 8.26. The highest BCUT2D eigenvalue weighted by Gasteiger charge is 2.22. The smallest absolute Gasteiger partial charge is 0.254 e. The van der Waals surface area contributed by atoms with Gasteiger partial charge >= 0.3 is 0 Å². The van der Waals surface area contributed by atoms with E-state index in [0.29, 0.717) is 0 Å². The van der Waals surface area contributed by atoms with Crippen LogP contribution >= 0.6 is 15.9 Å². The van der Waals surface area contributed by atoms with Crippen molar-refractivity contribution in [1.29, 1.82) is 0 Å². The van der Waals surface area contributed by atoms with E-state index in [0.717, 1.165) is 21.2 Å². The van der Waals surface area contributed by atoms with Crippen molar-refractivity contribution in [3.8, 4) is 0 Å². The monoisotopic (exact) mass is 385 g/mol. The molecule has 0 aliphatic carbocycles. The zero-order valence-corrected chi connectivity index (χ0v) is 16.2. The van der Waals surface area contributed by atoms with Crippen LogP contribution in [0.15, 0.2) is 53.0 Å². The van der Waals surface area contributed by atoms with E-state index in [4.69, 9.17) is 0 Å². The predicted molar refractivity (Wildman–Crippen MR) is 106 cm³/mol. The normalized spacial score (nSPS) is 11.5. The molecule has 2 aromatic rings. The van der Waals surface area contributed by atoms with E-state index in [1.54, 1.807) is 0 Å². The second kappa shape index (κ2) is 8.29. The molecular formula is C21H24BrNO. The second-order valence-corrected chi connectivity index (χ2v) is 7.20. The van der Waals surface area contributed by atoms with Crippen molar-refractivity contribution in [1.82, 2.24) is 4.90 Å². The molecule has 0 radical (unpaired) electrons. The molecule has 0 heterocycles. The summed E-state index contributed by atoms with van der Waals surface area (Å²) in [5.41, 5.74) is 2.76. The number of carbonyl (C=O) groups is 1. The first-order chi connectivity index (χ1) is 11.4. The van der Waals surface area contributed by atoms with Crippen LogP contribution in [0.3, 0.4) is 0 Å². The van der Waals surface area contributed by atoms with Crippen LogP contribution in [-0.4, -0.2) is 22.9 Å². The number of halogens is 1. The molecule has 2 rings (SSSR count). The van der Waals surface area contributed by atoms with Gasteiger partial charge in [0, 0.05) is 22.1 Å². The van der Waals surface area contributed by atoms with Gasteiger partial charge in [-0.15, -0.1) is 0 Å². The Morgan fingerprint density at radius 3 is 1.96 bits per heavy atom. The summed E-state index contributed by atoms with van der Waals surface area (Å²) in [5, 5.41) is 0. The molecule has 0 spiro atoms. The maximum Gasteiger partial charge on any atom is 0.254 e. The first kappa shape index (κ1) is 18.5. The molecule has 0 N–H and O–H groups in total. The number of benzene rings is 2. The molecule has 0 saturated heterocycles. The van der Waals surface area contributed by atoms with Crippen molar-refractivity contribution < 1.29 is 4.79 Å². The van der Waals surface area contributed by atoms with Gasteiger partial charge in [0.05, 0.1) is 0 Å². The molecule has 1 amide bonds. The molecule has 3 heteroatoms. The Morgan fingerprint density at radius 1 is 0.875 bits per heavy atom. The highest BCUT2D eigenvalue weighted by molar-refractivity contribution is 9.10. The van der Waals surface area contributed by atoms with Crippen molar-refractivity contribution in [3.63, 3.8) is 0 Å². The lowest BCUT2D eigenvalue weighted by molar-refractivity contribution is 0.0643. The molecule has 0 atom stereocenters. The van der Waals surface area contributed by atoms with Crippen molar-refractivity contribution in [2.45, 2.75) is 39.8 Å². The van der Waals surface area contributed by atoms with Gasteiger partial charge in [0.1, 0.15) is 0 Å². The summed E-state index contributed by atoms with van der Waals surface area (Å²) in [6.45, 7) is 8.21. The SMILES string of the molecule is CC(C)N(C(=O)c1ccccc1/C=C/c1ccccc1Br)C(C)C. The summed E-state index contributed by atoms with van der Waals surface area (Å²) in [5.74, 6) is 0.0763. The Kier molecular flexibility index (Phi) is 6.38. The molecule has 2 nitrogen and oxygen atoms in total. The van der Waals surface area contributed by atoms with Gasteiger partial charge < -0.3 is 4.90 Å². The quantitative estimate of drug-likeness (QED) is 0.588. The van der Waals surface area contributed by atoms with Crippen LogP contribution in [0.25, 0.3) is 12.2 Å². The van der Waals surface area contributed by atoms with Crippen LogP contribution in [0.2, 0.25) is 0 Å². The third-order valence-electron chi connectivity index (χ3n) is 3.89. The fourth-order valence-corrected chi connectivity index (χ4v) is 3.25. The molecule has 24 heavy (non-hydrogen) atoms. The maximum atomic E-state index is 13.0. The average molecular weight is 386 g/mol. The van der Waals surface area contributed by atoms with E-state index in [1.807, 2.05) is 65.6 Å². The minimum Gasteiger partial charge on any atom is -0.334 e. The zero-order valence-electron chi connectivity index (χ0n) is 14.7. The number of carbonyl (C=O) groups excluding carboxylic acids is 1. The molecule has 0 aliphatic rings. The average Bonchev–Trinajstić information content (AvgIpc) is 2.53. The van der Waals surface area contributed by atoms with Crippen molar-refractivity contribution in [2.24, 2.45) is 0 Å². The Balaban J connectivity index is 2.37. The second-order valence-electron chi connectivity index (χ2n) is 6.34. The molecule has 0 saturated carbocycles. The number of rotatable bonds is 5. The minimum absolute atomic E-state index is 0.0763. The largest absolute Gasteiger partial charge is 0.334 e. The van der Waals surface area contributed by atoms with Crippen LogP contribution in [-0.2, 0) is 0 Å². The standard InChI is InChI=1S/C21H24BrNO/c1-15(2)23(16(3)4)21(24)19-11-7-5-9-17(19)13-14-18-10-6-8-12-20(18)22/h5-16H,1-4H3/b14-13+. The van der Waals surface area contributed by atoms with E-state index in [9.17, 15) is 4.79 Å². The molecule has 0 unspecified atom stereocenters. The number of amides is 1. The van der Waals surface area contributed by atoms with Gasteiger partial charge in [-0.2, -0.15) is 0 Å². The molecule has 126 valence electrons. The van der Waals surface area contributed by atoms with E-state index in [-0.39, 0.29) is 18.0 Å². The van der Waals surface area contributed by atoms with Crippen LogP contribution in [0.5, 0.6) is 0 Å². The summed E-state index contributed by atoms with van der Waals surface area (Å²) in [7, 11) is 0. The molecule has 0 aliphatic heterocycles. The molecule has 2 aromatic carbocycles. The lowest BCUT2D eigenvalue weighted by atomic mass is 10.0. The van der Waals surface area contributed by atoms with Crippen LogP contribution in [0.4, 0.5) is 0 Å². The van der Waals surface area contributed by atoms with Crippen LogP contribution in [0.1, 0.15) is 49.2 Å². The van der Waals surface area contributed by atoms with Crippen molar-refractivity contribution >= 4 is 34.0 Å². The number of hydrogen-bond donors (Lipinski definition) is 0. The zero-order chi connectivity index (χ0) is 17.7. The number of nitrogens with zero attached hydrogens (tertiary/aromatic N) is 1. The Morgan fingerprint density at radius 2 is 1.38 bits per heavy atom. The third kappa shape index (κ3) is 4.35. The van der Waals surface area contributed by atoms with E-state index in [2.05, 4.69) is 43.6 Å². The summed E-state index contributed by atoms with van der Waals surface area (Å²) in [6, 6.07) is 16.1. The molecule has 0 bridgehead atoms. The van der Waals surface area contributed by atoms with Gasteiger partial charge in [-0.05, 0) is 51.0 Å². The predicted octanol–water partition coefficient (Wildman–Crippen LogP) is 5.88. The minimum atomic E-state index is 0.0763. The van der Waals surface area contributed by atoms with Gasteiger partial charge in [0.15, 0.2) is 0 Å². The molecule has 0 fully saturated rings. The summed E-state index contributed by atoms with van der Waals surface area (Å²) >= 11 is 3.55. The fourth-order valence-electron chi connectivity index (χ4n) is 2.83. The Bertz CT molecular complexity index is 726. The van der Waals surface area contributed by atoms with Crippen LogP contribution in [0, 0.1) is 0 Å². The van der Waals surface area contributed by atoms with E-state index in [1.165, 1.54) is 0 Å². The van der Waals surface area contributed by atoms with Gasteiger partial charge in [0.2, 0.25) is 0 Å². The Hall–Kier alpha value is -1.87. The summed E-state index contributed by atoms with van der Waals surface area (Å²) in [6.07, 6.45) is 4.04. The lowest BCUT2D eigenvalue weighted by Crippen LogP contribution is -2.42. The van der Waals surface area contributed by atoms with Crippen LogP contribution < -0.4 is 0 Å². The lowest BCUT2D eigenvalue weighted by Gasteiger charge is -2.31. The third-order valence-corrected chi connectivity index (χ3v) is 4.61. The highest BCUT2D eigenvalue weighted by Crippen LogP contribution is 2.21. The summed E-state index contributed by atoms with van der Waals surface area (Å²) in [4.78, 5) is 14.9. The van der Waals surface area contributed by atoms with Gasteiger partial charge in [0.25, 0.3) is 5.91 Å². The maximum absolute atomic E-state index is 13.0. The highest BCUT2D eigenvalue weighted by atomic mass is 79.9. The molecule has 0 aromatic heterocycles. The topological polar surface area (TPSA) is 20.3 Å². The van der Waals surface area contributed by atoms with E-state index >= 15 is 0 Å². The summed E-state index contributed by atoms with van der Waals surface area (Å²) < 4.78 is 1.04. The number of hydrogen-bond acceptors (Lipinski definition) is 1. The van der Waals surface area contributed by atoms with Crippen molar-refractivity contribution in [2.75, 3.05) is 0 Å². The molecular weight excluding hydrogens is 362 g/mol. The van der Waals surface area contributed by atoms with Crippen molar-refractivity contribution in [3.05, 3.63) is 69.7 Å². The Labute approximate surface area is 153 Å². The van der Waals surface area contributed by atoms with Gasteiger partial charge in [-0.1, -0.05) is 64.5 Å². The van der Waals surface area contributed by atoms with E-state index < -0.39 is 0 Å². The first-order valence-corrected chi connectivity index (χ1v) is 9.05. The van der Waals surface area contributed by atoms with Gasteiger partial charge in [-0.3, -0.25) is 4.79 Å². The van der Waals surface area contributed by atoms with Gasteiger partial charge in [-0.25, -0.2) is 0 Å².